The van der Waals surface area contributed by atoms with Crippen molar-refractivity contribution in [2.24, 2.45) is 0 Å². The zero-order valence-corrected chi connectivity index (χ0v) is 9.48. The molecule has 1 aromatic rings. The Morgan fingerprint density at radius 3 is 2.36 bits per heavy atom. The van der Waals surface area contributed by atoms with Crippen molar-refractivity contribution < 1.29 is 0 Å². The molecule has 60 valence electrons. The van der Waals surface area contributed by atoms with Gasteiger partial charge in [-0.25, -0.2) is 0 Å². The first-order valence-corrected chi connectivity index (χ1v) is 5.02. The molecule has 0 atom stereocenters. The van der Waals surface area contributed by atoms with Crippen LogP contribution in [0.1, 0.15) is 25.3 Å². The molecular formula is C9H10ClI. The first-order valence-electron chi connectivity index (χ1n) is 3.57. The van der Waals surface area contributed by atoms with Gasteiger partial charge in [0.05, 0.1) is 0 Å². The van der Waals surface area contributed by atoms with E-state index in [1.54, 1.807) is 0 Å². The molecular weight excluding hydrogens is 270 g/mol. The van der Waals surface area contributed by atoms with Gasteiger partial charge in [-0.1, -0.05) is 31.5 Å². The maximum atomic E-state index is 6.02. The van der Waals surface area contributed by atoms with Gasteiger partial charge >= 0.3 is 0 Å². The van der Waals surface area contributed by atoms with Gasteiger partial charge in [-0.2, -0.15) is 0 Å². The molecule has 0 saturated heterocycles. The second-order valence-corrected chi connectivity index (χ2v) is 4.36. The molecule has 11 heavy (non-hydrogen) atoms. The second-order valence-electron chi connectivity index (χ2n) is 2.79. The lowest BCUT2D eigenvalue weighted by Gasteiger charge is -2.09. The van der Waals surface area contributed by atoms with Crippen LogP contribution in [0.3, 0.4) is 0 Å². The SMILES string of the molecule is CC(C)c1c(Cl)cccc1I. The molecule has 1 rings (SSSR count). The normalized spacial score (nSPS) is 10.6. The minimum atomic E-state index is 0.510. The van der Waals surface area contributed by atoms with Crippen molar-refractivity contribution >= 4 is 34.2 Å². The van der Waals surface area contributed by atoms with Crippen LogP contribution in [0.25, 0.3) is 0 Å². The van der Waals surface area contributed by atoms with Gasteiger partial charge < -0.3 is 0 Å². The molecule has 0 aliphatic heterocycles. The number of hydrogen-bond donors (Lipinski definition) is 0. The average Bonchev–Trinajstić information content (AvgIpc) is 1.85. The summed E-state index contributed by atoms with van der Waals surface area (Å²) in [6.07, 6.45) is 0. The van der Waals surface area contributed by atoms with Gasteiger partial charge in [0.15, 0.2) is 0 Å². The van der Waals surface area contributed by atoms with Crippen LogP contribution in [0, 0.1) is 3.57 Å². The third kappa shape index (κ3) is 2.09. The number of rotatable bonds is 1. The lowest BCUT2D eigenvalue weighted by Crippen LogP contribution is -1.92. The van der Waals surface area contributed by atoms with Crippen molar-refractivity contribution in [1.29, 1.82) is 0 Å². The van der Waals surface area contributed by atoms with E-state index in [0.29, 0.717) is 5.92 Å². The summed E-state index contributed by atoms with van der Waals surface area (Å²) in [7, 11) is 0. The zero-order chi connectivity index (χ0) is 8.43. The fraction of sp³-hybridized carbons (Fsp3) is 0.333. The summed E-state index contributed by atoms with van der Waals surface area (Å²) in [5, 5.41) is 0.881. The Hall–Kier alpha value is 0.240. The molecule has 0 fully saturated rings. The summed E-state index contributed by atoms with van der Waals surface area (Å²) in [5.74, 6) is 0.510. The molecule has 0 heterocycles. The Morgan fingerprint density at radius 2 is 2.00 bits per heavy atom. The first kappa shape index (κ1) is 9.33. The number of benzene rings is 1. The van der Waals surface area contributed by atoms with E-state index < -0.39 is 0 Å². The lowest BCUT2D eigenvalue weighted by atomic mass is 10.0. The monoisotopic (exact) mass is 280 g/mol. The van der Waals surface area contributed by atoms with E-state index in [1.807, 2.05) is 12.1 Å². The summed E-state index contributed by atoms with van der Waals surface area (Å²) >= 11 is 8.34. The highest BCUT2D eigenvalue weighted by atomic mass is 127. The minimum Gasteiger partial charge on any atom is -0.0840 e. The van der Waals surface area contributed by atoms with Crippen molar-refractivity contribution in [3.63, 3.8) is 0 Å². The standard InChI is InChI=1S/C9H10ClI/c1-6(2)9-7(10)4-3-5-8(9)11/h3-6H,1-2H3. The first-order chi connectivity index (χ1) is 5.13. The van der Waals surface area contributed by atoms with Crippen molar-refractivity contribution in [2.75, 3.05) is 0 Å². The molecule has 0 radical (unpaired) electrons. The molecule has 0 saturated carbocycles. The molecule has 1 aromatic carbocycles. The highest BCUT2D eigenvalue weighted by Crippen LogP contribution is 2.28. The van der Waals surface area contributed by atoms with Gasteiger partial charge in [0.2, 0.25) is 0 Å². The van der Waals surface area contributed by atoms with Crippen LogP contribution in [0.4, 0.5) is 0 Å². The summed E-state index contributed by atoms with van der Waals surface area (Å²) in [5.41, 5.74) is 1.26. The molecule has 0 aliphatic rings. The van der Waals surface area contributed by atoms with Gasteiger partial charge in [-0.05, 0) is 46.2 Å². The van der Waals surface area contributed by atoms with Gasteiger partial charge in [-0.15, -0.1) is 0 Å². The molecule has 2 heteroatoms. The third-order valence-corrected chi connectivity index (χ3v) is 2.85. The molecule has 0 aromatic heterocycles. The fourth-order valence-electron chi connectivity index (χ4n) is 1.06. The smallest absolute Gasteiger partial charge is 0.0451 e. The Balaban J connectivity index is 3.21. The van der Waals surface area contributed by atoms with Gasteiger partial charge in [-0.3, -0.25) is 0 Å². The highest BCUT2D eigenvalue weighted by Gasteiger charge is 2.07. The summed E-state index contributed by atoms with van der Waals surface area (Å²) < 4.78 is 1.25. The van der Waals surface area contributed by atoms with E-state index in [0.717, 1.165) is 5.02 Å². The molecule has 0 bridgehead atoms. The summed E-state index contributed by atoms with van der Waals surface area (Å²) in [6.45, 7) is 4.31. The zero-order valence-electron chi connectivity index (χ0n) is 6.57. The second kappa shape index (κ2) is 3.76. The van der Waals surface area contributed by atoms with Gasteiger partial charge in [0.25, 0.3) is 0 Å². The van der Waals surface area contributed by atoms with Crippen LogP contribution in [0.5, 0.6) is 0 Å². The topological polar surface area (TPSA) is 0 Å². The van der Waals surface area contributed by atoms with Crippen molar-refractivity contribution in [1.82, 2.24) is 0 Å². The molecule has 0 N–H and O–H groups in total. The largest absolute Gasteiger partial charge is 0.0840 e. The molecule has 0 amide bonds. The quantitative estimate of drug-likeness (QED) is 0.680. The van der Waals surface area contributed by atoms with Gasteiger partial charge in [0.1, 0.15) is 0 Å². The van der Waals surface area contributed by atoms with Crippen molar-refractivity contribution in [3.8, 4) is 0 Å². The molecule has 0 nitrogen and oxygen atoms in total. The number of halogens is 2. The Labute approximate surface area is 86.1 Å². The van der Waals surface area contributed by atoms with E-state index in [-0.39, 0.29) is 0 Å². The van der Waals surface area contributed by atoms with E-state index in [9.17, 15) is 0 Å². The maximum absolute atomic E-state index is 6.02. The molecule has 0 aliphatic carbocycles. The minimum absolute atomic E-state index is 0.510. The van der Waals surface area contributed by atoms with Crippen LogP contribution < -0.4 is 0 Å². The highest BCUT2D eigenvalue weighted by molar-refractivity contribution is 14.1. The lowest BCUT2D eigenvalue weighted by molar-refractivity contribution is 0.860. The van der Waals surface area contributed by atoms with Crippen LogP contribution in [-0.2, 0) is 0 Å². The molecule has 0 unspecified atom stereocenters. The maximum Gasteiger partial charge on any atom is 0.0451 e. The van der Waals surface area contributed by atoms with Crippen LogP contribution in [-0.4, -0.2) is 0 Å². The average molecular weight is 281 g/mol. The number of hydrogen-bond acceptors (Lipinski definition) is 0. The fourth-order valence-corrected chi connectivity index (χ4v) is 2.74. The van der Waals surface area contributed by atoms with Crippen LogP contribution >= 0.6 is 34.2 Å². The Morgan fingerprint density at radius 1 is 1.36 bits per heavy atom. The predicted molar refractivity (Wildman–Crippen MR) is 58.3 cm³/mol. The van der Waals surface area contributed by atoms with E-state index in [1.165, 1.54) is 9.13 Å². The van der Waals surface area contributed by atoms with E-state index in [4.69, 9.17) is 11.6 Å². The Bertz CT molecular complexity index is 235. The molecule has 0 spiro atoms. The third-order valence-electron chi connectivity index (χ3n) is 1.58. The van der Waals surface area contributed by atoms with Crippen molar-refractivity contribution in [3.05, 3.63) is 32.4 Å². The van der Waals surface area contributed by atoms with Crippen LogP contribution in [0.15, 0.2) is 18.2 Å². The Kier molecular flexibility index (Phi) is 3.19. The summed E-state index contributed by atoms with van der Waals surface area (Å²) in [6, 6.07) is 6.01. The van der Waals surface area contributed by atoms with Crippen molar-refractivity contribution in [2.45, 2.75) is 19.8 Å². The van der Waals surface area contributed by atoms with E-state index in [2.05, 4.69) is 42.5 Å². The van der Waals surface area contributed by atoms with Gasteiger partial charge in [0, 0.05) is 8.59 Å². The van der Waals surface area contributed by atoms with E-state index >= 15 is 0 Å². The predicted octanol–water partition coefficient (Wildman–Crippen LogP) is 4.07. The van der Waals surface area contributed by atoms with Crippen LogP contribution in [0.2, 0.25) is 5.02 Å². The summed E-state index contributed by atoms with van der Waals surface area (Å²) in [4.78, 5) is 0.